The van der Waals surface area contributed by atoms with Gasteiger partial charge in [0, 0.05) is 0 Å². The largest absolute Gasteiger partial charge is 0.607 e. The molecule has 1 rings (SSSR count). The van der Waals surface area contributed by atoms with E-state index in [4.69, 9.17) is 4.42 Å². The van der Waals surface area contributed by atoms with Crippen molar-refractivity contribution in [1.82, 2.24) is 0 Å². The molecule has 7 heteroatoms. The quantitative estimate of drug-likeness (QED) is 0.400. The van der Waals surface area contributed by atoms with E-state index >= 15 is 0 Å². The molecular formula is C5H5N2O4P. The molecular weight excluding hydrogens is 183 g/mol. The van der Waals surface area contributed by atoms with Crippen molar-refractivity contribution < 1.29 is 14.3 Å². The molecule has 0 aliphatic heterocycles. The molecule has 12 heavy (non-hydrogen) atoms. The smallest absolute Gasteiger partial charge is 0.259 e. The summed E-state index contributed by atoms with van der Waals surface area (Å²) in [6.45, 7) is 0. The van der Waals surface area contributed by atoms with Gasteiger partial charge in [-0.25, -0.2) is 10.1 Å². The zero-order valence-electron chi connectivity index (χ0n) is 5.91. The minimum Gasteiger partial charge on any atom is -0.607 e. The van der Waals surface area contributed by atoms with Crippen LogP contribution in [0, 0.1) is 10.1 Å². The van der Waals surface area contributed by atoms with Gasteiger partial charge in [-0.05, 0) is 12.1 Å². The standard InChI is InChI=1S/C5H5N2O4P/c8-7(9)6-12(10)4-5-2-1-3-11-5/h1-3H,4H2. The Morgan fingerprint density at radius 3 is 3.00 bits per heavy atom. The lowest BCUT2D eigenvalue weighted by Gasteiger charge is -1.86. The Labute approximate surface area is 68.5 Å². The minimum atomic E-state index is -2.19. The first-order valence-electron chi connectivity index (χ1n) is 3.01. The SMILES string of the molecule is O=[N+]([O-])N=[P+]([O-])Cc1ccco1. The number of furan rings is 1. The predicted molar refractivity (Wildman–Crippen MR) is 38.8 cm³/mol. The van der Waals surface area contributed by atoms with Gasteiger partial charge in [-0.1, -0.05) is 0 Å². The monoisotopic (exact) mass is 188 g/mol. The van der Waals surface area contributed by atoms with Crippen molar-refractivity contribution in [2.45, 2.75) is 6.16 Å². The molecule has 0 spiro atoms. The van der Waals surface area contributed by atoms with Crippen LogP contribution in [-0.4, -0.2) is 5.03 Å². The fraction of sp³-hybridized carbons (Fsp3) is 0.200. The maximum atomic E-state index is 10.8. The summed E-state index contributed by atoms with van der Waals surface area (Å²) < 4.78 is 4.82. The van der Waals surface area contributed by atoms with Crippen LogP contribution in [0.25, 0.3) is 0 Å². The molecule has 0 bridgehead atoms. The molecule has 64 valence electrons. The lowest BCUT2D eigenvalue weighted by atomic mass is 10.5. The van der Waals surface area contributed by atoms with Crippen LogP contribution in [0.1, 0.15) is 5.76 Å². The second-order valence-electron chi connectivity index (χ2n) is 1.92. The molecule has 0 saturated carbocycles. The summed E-state index contributed by atoms with van der Waals surface area (Å²) in [6.07, 6.45) is 1.38. The first-order chi connectivity index (χ1) is 5.68. The molecule has 1 aromatic heterocycles. The molecule has 0 N–H and O–H groups in total. The van der Waals surface area contributed by atoms with Crippen LogP contribution >= 0.6 is 7.94 Å². The van der Waals surface area contributed by atoms with Crippen molar-refractivity contribution in [2.75, 3.05) is 0 Å². The molecule has 1 heterocycles. The molecule has 1 aromatic rings. The molecule has 1 atom stereocenters. The van der Waals surface area contributed by atoms with Crippen molar-refractivity contribution >= 4 is 7.94 Å². The normalized spacial score (nSPS) is 11.6. The van der Waals surface area contributed by atoms with Crippen molar-refractivity contribution in [3.8, 4) is 0 Å². The fourth-order valence-corrected chi connectivity index (χ4v) is 1.32. The first kappa shape index (κ1) is 8.83. The van der Waals surface area contributed by atoms with E-state index in [1.165, 1.54) is 6.26 Å². The van der Waals surface area contributed by atoms with Crippen LogP contribution in [0.4, 0.5) is 0 Å². The summed E-state index contributed by atoms with van der Waals surface area (Å²) in [5.41, 5.74) is 0. The van der Waals surface area contributed by atoms with E-state index in [-0.39, 0.29) is 6.16 Å². The number of rotatable bonds is 3. The fourth-order valence-electron chi connectivity index (χ4n) is 0.649. The lowest BCUT2D eigenvalue weighted by Crippen LogP contribution is -1.93. The number of hydrogen-bond acceptors (Lipinski definition) is 4. The van der Waals surface area contributed by atoms with Crippen LogP contribution in [0.2, 0.25) is 0 Å². The number of nitrogens with zero attached hydrogens (tertiary/aromatic N) is 2. The van der Waals surface area contributed by atoms with Gasteiger partial charge in [0.25, 0.3) is 7.94 Å². The van der Waals surface area contributed by atoms with Crippen LogP contribution in [0.3, 0.4) is 0 Å². The van der Waals surface area contributed by atoms with E-state index in [9.17, 15) is 15.0 Å². The maximum Gasteiger partial charge on any atom is 0.259 e. The lowest BCUT2D eigenvalue weighted by molar-refractivity contribution is -0.484. The van der Waals surface area contributed by atoms with Gasteiger partial charge < -0.3 is 9.31 Å². The Morgan fingerprint density at radius 2 is 2.50 bits per heavy atom. The highest BCUT2D eigenvalue weighted by atomic mass is 31.1. The highest BCUT2D eigenvalue weighted by Gasteiger charge is 2.09. The second kappa shape index (κ2) is 3.94. The van der Waals surface area contributed by atoms with Crippen molar-refractivity contribution in [3.05, 3.63) is 34.3 Å². The summed E-state index contributed by atoms with van der Waals surface area (Å²) in [7, 11) is -2.19. The van der Waals surface area contributed by atoms with E-state index < -0.39 is 13.0 Å². The Hall–Kier alpha value is -1.26. The second-order valence-corrected chi connectivity index (χ2v) is 3.12. The van der Waals surface area contributed by atoms with Gasteiger partial charge in [0.1, 0.15) is 5.76 Å². The number of nitro groups is 1. The van der Waals surface area contributed by atoms with Crippen LogP contribution in [-0.2, 0) is 6.16 Å². The van der Waals surface area contributed by atoms with Crippen LogP contribution in [0.15, 0.2) is 27.7 Å². The predicted octanol–water partition coefficient (Wildman–Crippen LogP) is 0.912. The van der Waals surface area contributed by atoms with Crippen LogP contribution < -0.4 is 4.89 Å². The molecule has 0 aliphatic rings. The van der Waals surface area contributed by atoms with E-state index in [1.54, 1.807) is 12.1 Å². The van der Waals surface area contributed by atoms with Crippen LogP contribution in [0.5, 0.6) is 0 Å². The highest BCUT2D eigenvalue weighted by Crippen LogP contribution is 2.21. The average Bonchev–Trinajstić information content (AvgIpc) is 2.37. The van der Waals surface area contributed by atoms with Crippen molar-refractivity contribution in [1.29, 1.82) is 0 Å². The third kappa shape index (κ3) is 2.77. The van der Waals surface area contributed by atoms with Gasteiger partial charge in [0.2, 0.25) is 9.89 Å². The van der Waals surface area contributed by atoms with E-state index in [0.29, 0.717) is 5.76 Å². The first-order valence-corrected chi connectivity index (χ1v) is 4.41. The summed E-state index contributed by atoms with van der Waals surface area (Å²) in [5, 5.41) is 8.81. The minimum absolute atomic E-state index is 0.0245. The molecule has 0 aromatic carbocycles. The Morgan fingerprint density at radius 1 is 1.75 bits per heavy atom. The Bertz CT molecular complexity index is 294. The molecule has 6 nitrogen and oxygen atoms in total. The van der Waals surface area contributed by atoms with Gasteiger partial charge in [0.05, 0.1) is 6.26 Å². The average molecular weight is 188 g/mol. The molecule has 0 amide bonds. The van der Waals surface area contributed by atoms with Gasteiger partial charge in [0.15, 0.2) is 6.16 Å². The summed E-state index contributed by atoms with van der Waals surface area (Å²) in [4.78, 5) is 23.3. The van der Waals surface area contributed by atoms with E-state index in [1.807, 2.05) is 0 Å². The Balaban J connectivity index is 2.58. The summed E-state index contributed by atoms with van der Waals surface area (Å²) in [5.74, 6) is 0.432. The Kier molecular flexibility index (Phi) is 2.90. The summed E-state index contributed by atoms with van der Waals surface area (Å²) >= 11 is 0. The van der Waals surface area contributed by atoms with Gasteiger partial charge in [-0.2, -0.15) is 0 Å². The van der Waals surface area contributed by atoms with Gasteiger partial charge in [-0.3, -0.25) is 0 Å². The molecule has 0 fully saturated rings. The molecule has 0 radical (unpaired) electrons. The zero-order chi connectivity index (χ0) is 8.97. The van der Waals surface area contributed by atoms with Crippen molar-refractivity contribution in [3.63, 3.8) is 0 Å². The summed E-state index contributed by atoms with van der Waals surface area (Å²) in [6, 6.07) is 3.20. The van der Waals surface area contributed by atoms with E-state index in [0.717, 1.165) is 0 Å². The molecule has 1 unspecified atom stereocenters. The number of hydrogen-bond donors (Lipinski definition) is 0. The van der Waals surface area contributed by atoms with Gasteiger partial charge in [-0.15, -0.1) is 0 Å². The highest BCUT2D eigenvalue weighted by molar-refractivity contribution is 7.38. The van der Waals surface area contributed by atoms with Gasteiger partial charge >= 0.3 is 0 Å². The maximum absolute atomic E-state index is 10.8. The third-order valence-electron chi connectivity index (χ3n) is 1.04. The molecule has 0 saturated heterocycles. The topological polar surface area (TPSA) is 91.7 Å². The zero-order valence-corrected chi connectivity index (χ0v) is 6.81. The molecule has 0 aliphatic carbocycles. The third-order valence-corrected chi connectivity index (χ3v) is 1.97. The van der Waals surface area contributed by atoms with E-state index in [2.05, 4.69) is 4.85 Å². The van der Waals surface area contributed by atoms with Crippen molar-refractivity contribution in [2.24, 2.45) is 4.85 Å².